The maximum Gasteiger partial charge on any atom is 0.273 e. The predicted molar refractivity (Wildman–Crippen MR) is 99.7 cm³/mol. The maximum atomic E-state index is 13.6. The normalized spacial score (nSPS) is 16.5. The number of nitrogens with zero attached hydrogens (tertiary/aromatic N) is 4. The molecule has 0 atom stereocenters. The van der Waals surface area contributed by atoms with Crippen LogP contribution in [0.5, 0.6) is 0 Å². The van der Waals surface area contributed by atoms with Crippen molar-refractivity contribution in [3.8, 4) is 0 Å². The summed E-state index contributed by atoms with van der Waals surface area (Å²) < 4.78 is 32.2. The van der Waals surface area contributed by atoms with Crippen molar-refractivity contribution >= 4 is 23.4 Å². The van der Waals surface area contributed by atoms with Crippen molar-refractivity contribution in [2.75, 3.05) is 43.1 Å². The molecule has 0 unspecified atom stereocenters. The minimum atomic E-state index is -0.951. The van der Waals surface area contributed by atoms with E-state index >= 15 is 0 Å². The number of benzene rings is 1. The van der Waals surface area contributed by atoms with E-state index in [1.165, 1.54) is 6.07 Å². The van der Waals surface area contributed by atoms with E-state index in [9.17, 15) is 13.6 Å². The Labute approximate surface area is 161 Å². The number of morpholine rings is 1. The molecule has 1 saturated heterocycles. The molecule has 3 heterocycles. The Kier molecular flexibility index (Phi) is 5.08. The van der Waals surface area contributed by atoms with E-state index in [1.807, 2.05) is 11.8 Å². The Bertz CT molecular complexity index is 902. The number of rotatable bonds is 5. The summed E-state index contributed by atoms with van der Waals surface area (Å²) in [6, 6.07) is 3.55. The van der Waals surface area contributed by atoms with Gasteiger partial charge in [-0.15, -0.1) is 0 Å². The van der Waals surface area contributed by atoms with Gasteiger partial charge in [0.15, 0.2) is 11.6 Å². The third kappa shape index (κ3) is 3.49. The van der Waals surface area contributed by atoms with Gasteiger partial charge in [0.1, 0.15) is 11.5 Å². The number of halogens is 2. The topological polar surface area (TPSA) is 70.6 Å². The minimum absolute atomic E-state index is 0.137. The smallest absolute Gasteiger partial charge is 0.273 e. The molecule has 1 amide bonds. The largest absolute Gasteiger partial charge is 0.378 e. The highest BCUT2D eigenvalue weighted by Crippen LogP contribution is 2.31. The first-order valence-corrected chi connectivity index (χ1v) is 9.31. The van der Waals surface area contributed by atoms with E-state index in [1.54, 1.807) is 4.90 Å². The summed E-state index contributed by atoms with van der Waals surface area (Å²) >= 11 is 0. The fourth-order valence-electron chi connectivity index (χ4n) is 3.38. The lowest BCUT2D eigenvalue weighted by atomic mass is 10.2. The molecule has 0 saturated carbocycles. The van der Waals surface area contributed by atoms with Crippen LogP contribution in [-0.2, 0) is 11.3 Å². The molecule has 0 aliphatic carbocycles. The van der Waals surface area contributed by atoms with Gasteiger partial charge in [-0.25, -0.2) is 13.8 Å². The molecule has 1 aromatic heterocycles. The molecule has 7 nitrogen and oxygen atoms in total. The van der Waals surface area contributed by atoms with Gasteiger partial charge >= 0.3 is 0 Å². The van der Waals surface area contributed by atoms with Crippen LogP contribution in [0.1, 0.15) is 29.4 Å². The van der Waals surface area contributed by atoms with Crippen LogP contribution >= 0.6 is 0 Å². The Morgan fingerprint density at radius 1 is 1.18 bits per heavy atom. The molecule has 9 heteroatoms. The van der Waals surface area contributed by atoms with E-state index in [2.05, 4.69) is 15.3 Å². The van der Waals surface area contributed by atoms with Gasteiger partial charge in [-0.3, -0.25) is 4.79 Å². The van der Waals surface area contributed by atoms with Gasteiger partial charge in [0.05, 0.1) is 19.8 Å². The first-order valence-electron chi connectivity index (χ1n) is 9.31. The van der Waals surface area contributed by atoms with Crippen molar-refractivity contribution < 1.29 is 18.3 Å². The van der Waals surface area contributed by atoms with E-state index in [4.69, 9.17) is 4.74 Å². The van der Waals surface area contributed by atoms with Gasteiger partial charge in [0.2, 0.25) is 5.95 Å². The number of aromatic nitrogens is 2. The SMILES string of the molecule is CCCN1Cc2c(Nc3ccc(F)c(F)c3)nc(N3CCOCC3)nc2C1=O. The van der Waals surface area contributed by atoms with Crippen LogP contribution in [0.2, 0.25) is 0 Å². The maximum absolute atomic E-state index is 13.6. The predicted octanol–water partition coefficient (Wildman–Crippen LogP) is 2.70. The lowest BCUT2D eigenvalue weighted by molar-refractivity contribution is 0.0774. The number of anilines is 3. The van der Waals surface area contributed by atoms with Gasteiger partial charge in [0, 0.05) is 37.0 Å². The third-order valence-electron chi connectivity index (χ3n) is 4.80. The number of carbonyl (C=O) groups is 1. The van der Waals surface area contributed by atoms with Crippen LogP contribution < -0.4 is 10.2 Å². The second kappa shape index (κ2) is 7.67. The van der Waals surface area contributed by atoms with Crippen LogP contribution in [-0.4, -0.2) is 53.6 Å². The first kappa shape index (κ1) is 18.5. The minimum Gasteiger partial charge on any atom is -0.378 e. The molecule has 2 aliphatic heterocycles. The molecule has 4 rings (SSSR count). The molecule has 2 aliphatic rings. The Morgan fingerprint density at radius 2 is 1.96 bits per heavy atom. The number of hydrogen-bond donors (Lipinski definition) is 1. The van der Waals surface area contributed by atoms with Gasteiger partial charge < -0.3 is 19.9 Å². The molecule has 1 N–H and O–H groups in total. The van der Waals surface area contributed by atoms with Gasteiger partial charge in [0.25, 0.3) is 5.91 Å². The van der Waals surface area contributed by atoms with Gasteiger partial charge in [-0.1, -0.05) is 6.92 Å². The number of ether oxygens (including phenoxy) is 1. The van der Waals surface area contributed by atoms with Crippen molar-refractivity contribution in [2.24, 2.45) is 0 Å². The van der Waals surface area contributed by atoms with Crippen LogP contribution in [0.15, 0.2) is 18.2 Å². The molecule has 0 bridgehead atoms. The lowest BCUT2D eigenvalue weighted by Gasteiger charge is -2.27. The molecular formula is C19H21F2N5O2. The fourth-order valence-corrected chi connectivity index (χ4v) is 3.38. The van der Waals surface area contributed by atoms with E-state index in [0.29, 0.717) is 68.1 Å². The summed E-state index contributed by atoms with van der Waals surface area (Å²) in [5.74, 6) is -1.14. The molecule has 2 aromatic rings. The number of carbonyl (C=O) groups excluding carboxylic acids is 1. The highest BCUT2D eigenvalue weighted by Gasteiger charge is 2.33. The summed E-state index contributed by atoms with van der Waals surface area (Å²) in [4.78, 5) is 25.6. The summed E-state index contributed by atoms with van der Waals surface area (Å²) in [5.41, 5.74) is 1.38. The van der Waals surface area contributed by atoms with Crippen LogP contribution in [0, 0.1) is 11.6 Å². The van der Waals surface area contributed by atoms with Crippen molar-refractivity contribution in [2.45, 2.75) is 19.9 Å². The zero-order valence-electron chi connectivity index (χ0n) is 15.5. The Hall–Kier alpha value is -2.81. The number of fused-ring (bicyclic) bond motifs is 1. The summed E-state index contributed by atoms with van der Waals surface area (Å²) in [7, 11) is 0. The van der Waals surface area contributed by atoms with Crippen LogP contribution in [0.4, 0.5) is 26.2 Å². The highest BCUT2D eigenvalue weighted by molar-refractivity contribution is 5.98. The zero-order chi connectivity index (χ0) is 19.7. The second-order valence-corrected chi connectivity index (χ2v) is 6.78. The summed E-state index contributed by atoms with van der Waals surface area (Å²) in [6.45, 7) is 5.36. The number of nitrogens with one attached hydrogen (secondary N) is 1. The van der Waals surface area contributed by atoms with E-state index in [-0.39, 0.29) is 5.91 Å². The van der Waals surface area contributed by atoms with E-state index < -0.39 is 11.6 Å². The van der Waals surface area contributed by atoms with Crippen molar-refractivity contribution in [1.29, 1.82) is 0 Å². The van der Waals surface area contributed by atoms with E-state index in [0.717, 1.165) is 18.6 Å². The molecule has 1 fully saturated rings. The molecule has 0 radical (unpaired) electrons. The average Bonchev–Trinajstić information content (AvgIpc) is 3.02. The zero-order valence-corrected chi connectivity index (χ0v) is 15.5. The highest BCUT2D eigenvalue weighted by atomic mass is 19.2. The van der Waals surface area contributed by atoms with Crippen LogP contribution in [0.25, 0.3) is 0 Å². The molecule has 28 heavy (non-hydrogen) atoms. The molecular weight excluding hydrogens is 368 g/mol. The quantitative estimate of drug-likeness (QED) is 0.848. The summed E-state index contributed by atoms with van der Waals surface area (Å²) in [5, 5.41) is 3.04. The molecule has 148 valence electrons. The van der Waals surface area contributed by atoms with Gasteiger partial charge in [-0.2, -0.15) is 4.98 Å². The number of hydrogen-bond acceptors (Lipinski definition) is 6. The first-order chi connectivity index (χ1) is 13.6. The average molecular weight is 389 g/mol. The van der Waals surface area contributed by atoms with Crippen molar-refractivity contribution in [3.05, 3.63) is 41.1 Å². The standard InChI is InChI=1S/C19H21F2N5O2/c1-2-5-26-11-13-16(18(26)27)23-19(25-6-8-28-9-7-25)24-17(13)22-12-3-4-14(20)15(21)10-12/h3-4,10H,2,5-9,11H2,1H3,(H,22,23,24). The molecule has 0 spiro atoms. The monoisotopic (exact) mass is 389 g/mol. The Balaban J connectivity index is 1.73. The van der Waals surface area contributed by atoms with Gasteiger partial charge in [-0.05, 0) is 18.6 Å². The number of amides is 1. The van der Waals surface area contributed by atoms with Crippen molar-refractivity contribution in [1.82, 2.24) is 14.9 Å². The fraction of sp³-hybridized carbons (Fsp3) is 0.421. The lowest BCUT2D eigenvalue weighted by Crippen LogP contribution is -2.37. The third-order valence-corrected chi connectivity index (χ3v) is 4.80. The van der Waals surface area contributed by atoms with Crippen molar-refractivity contribution in [3.63, 3.8) is 0 Å². The Morgan fingerprint density at radius 3 is 2.68 bits per heavy atom. The second-order valence-electron chi connectivity index (χ2n) is 6.78. The van der Waals surface area contributed by atoms with Crippen LogP contribution in [0.3, 0.4) is 0 Å². The molecule has 1 aromatic carbocycles. The summed E-state index contributed by atoms with van der Waals surface area (Å²) in [6.07, 6.45) is 0.829.